The van der Waals surface area contributed by atoms with Crippen molar-refractivity contribution in [2.75, 3.05) is 5.32 Å². The molecule has 0 spiro atoms. The molecule has 2 rings (SSSR count). The van der Waals surface area contributed by atoms with Gasteiger partial charge in [0.05, 0.1) is 0 Å². The molecule has 20 heavy (non-hydrogen) atoms. The van der Waals surface area contributed by atoms with E-state index in [0.29, 0.717) is 11.6 Å². The van der Waals surface area contributed by atoms with E-state index in [2.05, 4.69) is 15.3 Å². The zero-order valence-corrected chi connectivity index (χ0v) is 12.3. The van der Waals surface area contributed by atoms with Crippen LogP contribution < -0.4 is 22.3 Å². The maximum atomic E-state index is 12.0. The molecule has 0 aliphatic rings. The van der Waals surface area contributed by atoms with Crippen molar-refractivity contribution in [1.82, 2.24) is 19.1 Å². The number of rotatable bonds is 3. The molecular weight excluding hydrogens is 260 g/mol. The Labute approximate surface area is 115 Å². The summed E-state index contributed by atoms with van der Waals surface area (Å²) in [5.41, 5.74) is 5.29. The largest absolute Gasteiger partial charge is 0.349 e. The van der Waals surface area contributed by atoms with E-state index in [0.717, 1.165) is 4.57 Å². The fourth-order valence-corrected chi connectivity index (χ4v) is 1.80. The van der Waals surface area contributed by atoms with Crippen LogP contribution in [-0.2, 0) is 14.1 Å². The number of aryl methyl sites for hydroxylation is 1. The number of nitrogens with two attached hydrogens (primary N) is 1. The van der Waals surface area contributed by atoms with Crippen molar-refractivity contribution in [3.63, 3.8) is 0 Å². The van der Waals surface area contributed by atoms with E-state index in [1.165, 1.54) is 11.6 Å². The molecule has 8 nitrogen and oxygen atoms in total. The van der Waals surface area contributed by atoms with E-state index in [9.17, 15) is 9.59 Å². The number of hydrogen-bond acceptors (Lipinski definition) is 5. The second-order valence-electron chi connectivity index (χ2n) is 5.63. The number of nitrogens with one attached hydrogen (secondary N) is 2. The molecule has 0 aromatic carbocycles. The van der Waals surface area contributed by atoms with E-state index >= 15 is 0 Å². The van der Waals surface area contributed by atoms with Crippen LogP contribution in [0, 0.1) is 0 Å². The molecule has 0 aliphatic carbocycles. The van der Waals surface area contributed by atoms with Crippen LogP contribution in [0.25, 0.3) is 11.2 Å². The predicted octanol–water partition coefficient (Wildman–Crippen LogP) is -0.502. The summed E-state index contributed by atoms with van der Waals surface area (Å²) >= 11 is 0. The Hall–Kier alpha value is -2.09. The Bertz CT molecular complexity index is 765. The third-order valence-electron chi connectivity index (χ3n) is 3.67. The number of anilines is 1. The molecule has 0 bridgehead atoms. The number of aromatic nitrogens is 4. The summed E-state index contributed by atoms with van der Waals surface area (Å²) in [7, 11) is 3.01. The van der Waals surface area contributed by atoms with Gasteiger partial charge in [-0.15, -0.1) is 0 Å². The van der Waals surface area contributed by atoms with E-state index in [-0.39, 0.29) is 11.6 Å². The lowest BCUT2D eigenvalue weighted by Crippen LogP contribution is -2.47. The third kappa shape index (κ3) is 2.11. The highest BCUT2D eigenvalue weighted by atomic mass is 16.2. The molecule has 0 saturated heterocycles. The molecular formula is C12H20N6O2. The van der Waals surface area contributed by atoms with E-state index in [1.54, 1.807) is 7.05 Å². The highest BCUT2D eigenvalue weighted by molar-refractivity contribution is 5.72. The van der Waals surface area contributed by atoms with Crippen LogP contribution in [0.3, 0.4) is 0 Å². The molecule has 2 aromatic heterocycles. The van der Waals surface area contributed by atoms with Crippen LogP contribution in [-0.4, -0.2) is 30.7 Å². The minimum Gasteiger partial charge on any atom is -0.349 e. The number of imidazole rings is 1. The molecule has 0 aliphatic heterocycles. The summed E-state index contributed by atoms with van der Waals surface area (Å²) in [5.74, 6) is 0.417. The molecule has 0 amide bonds. The summed E-state index contributed by atoms with van der Waals surface area (Å²) in [6.45, 7) is 5.74. The van der Waals surface area contributed by atoms with Crippen LogP contribution in [0.2, 0.25) is 0 Å². The van der Waals surface area contributed by atoms with Gasteiger partial charge >= 0.3 is 5.69 Å². The van der Waals surface area contributed by atoms with Crippen molar-refractivity contribution in [3.05, 3.63) is 20.8 Å². The van der Waals surface area contributed by atoms with Crippen LogP contribution in [0.5, 0.6) is 0 Å². The quantitative estimate of drug-likeness (QED) is 0.702. The number of fused-ring (bicyclic) bond motifs is 1. The smallest absolute Gasteiger partial charge is 0.332 e. The zero-order chi connectivity index (χ0) is 15.2. The van der Waals surface area contributed by atoms with Gasteiger partial charge < -0.3 is 16.0 Å². The first kappa shape index (κ1) is 14.3. The summed E-state index contributed by atoms with van der Waals surface area (Å²) < 4.78 is 2.37. The standard InChI is InChI=1S/C12H20N6O2/c1-6(13)12(2,3)16-10-14-7-8(15-10)17(4)11(20)18(5)9(7)19/h6H,13H2,1-5H3,(H2,14,15,16). The second-order valence-corrected chi connectivity index (χ2v) is 5.63. The Morgan fingerprint density at radius 1 is 1.30 bits per heavy atom. The number of nitrogens with zero attached hydrogens (tertiary/aromatic N) is 3. The molecule has 4 N–H and O–H groups in total. The van der Waals surface area contributed by atoms with Gasteiger partial charge in [0.1, 0.15) is 0 Å². The molecule has 1 atom stereocenters. The highest BCUT2D eigenvalue weighted by Crippen LogP contribution is 2.16. The summed E-state index contributed by atoms with van der Waals surface area (Å²) in [4.78, 5) is 31.1. The first-order valence-electron chi connectivity index (χ1n) is 6.34. The lowest BCUT2D eigenvalue weighted by atomic mass is 9.97. The average Bonchev–Trinajstić information content (AvgIpc) is 2.77. The van der Waals surface area contributed by atoms with Gasteiger partial charge in [0.15, 0.2) is 11.2 Å². The topological polar surface area (TPSA) is 111 Å². The first-order chi connectivity index (χ1) is 9.15. The van der Waals surface area contributed by atoms with E-state index < -0.39 is 16.8 Å². The SMILES string of the molecule is CC(N)C(C)(C)Nc1nc2c([nH]1)c(=O)n(C)c(=O)n2C. The molecule has 1 unspecified atom stereocenters. The van der Waals surface area contributed by atoms with E-state index in [4.69, 9.17) is 5.73 Å². The number of aromatic amines is 1. The maximum Gasteiger partial charge on any atom is 0.332 e. The zero-order valence-electron chi connectivity index (χ0n) is 12.3. The predicted molar refractivity (Wildman–Crippen MR) is 77.9 cm³/mol. The number of H-pyrrole nitrogens is 1. The van der Waals surface area contributed by atoms with Crippen molar-refractivity contribution < 1.29 is 0 Å². The van der Waals surface area contributed by atoms with E-state index in [1.807, 2.05) is 20.8 Å². The monoisotopic (exact) mass is 280 g/mol. The van der Waals surface area contributed by atoms with Gasteiger partial charge in [-0.25, -0.2) is 4.79 Å². The highest BCUT2D eigenvalue weighted by Gasteiger charge is 2.24. The lowest BCUT2D eigenvalue weighted by molar-refractivity contribution is 0.468. The van der Waals surface area contributed by atoms with Gasteiger partial charge in [0, 0.05) is 25.7 Å². The second kappa shape index (κ2) is 4.48. The summed E-state index contributed by atoms with van der Waals surface area (Å²) in [5, 5.41) is 3.15. The first-order valence-corrected chi connectivity index (χ1v) is 6.34. The van der Waals surface area contributed by atoms with Gasteiger partial charge in [-0.1, -0.05) is 0 Å². The van der Waals surface area contributed by atoms with Crippen LogP contribution in [0.15, 0.2) is 9.59 Å². The minimum atomic E-state index is -0.410. The lowest BCUT2D eigenvalue weighted by Gasteiger charge is -2.29. The summed E-state index contributed by atoms with van der Waals surface area (Å²) in [6, 6.07) is -0.123. The van der Waals surface area contributed by atoms with Crippen LogP contribution in [0.4, 0.5) is 5.95 Å². The van der Waals surface area contributed by atoms with Gasteiger partial charge in [-0.3, -0.25) is 13.9 Å². The molecule has 8 heteroatoms. The Morgan fingerprint density at radius 3 is 2.45 bits per heavy atom. The molecule has 110 valence electrons. The fraction of sp³-hybridized carbons (Fsp3) is 0.583. The molecule has 0 fully saturated rings. The van der Waals surface area contributed by atoms with Crippen molar-refractivity contribution in [2.24, 2.45) is 19.8 Å². The molecule has 0 radical (unpaired) electrons. The Morgan fingerprint density at radius 2 is 1.90 bits per heavy atom. The van der Waals surface area contributed by atoms with Crippen molar-refractivity contribution in [3.8, 4) is 0 Å². The number of hydrogen-bond donors (Lipinski definition) is 3. The van der Waals surface area contributed by atoms with Crippen molar-refractivity contribution >= 4 is 17.1 Å². The normalized spacial score (nSPS) is 13.7. The Kier molecular flexibility index (Phi) is 3.21. The molecule has 2 aromatic rings. The van der Waals surface area contributed by atoms with Crippen LogP contribution >= 0.6 is 0 Å². The summed E-state index contributed by atoms with van der Waals surface area (Å²) in [6.07, 6.45) is 0. The van der Waals surface area contributed by atoms with Crippen molar-refractivity contribution in [2.45, 2.75) is 32.4 Å². The van der Waals surface area contributed by atoms with Gasteiger partial charge in [0.2, 0.25) is 5.95 Å². The minimum absolute atomic E-state index is 0.123. The average molecular weight is 280 g/mol. The molecule has 0 saturated carbocycles. The Balaban J connectivity index is 2.61. The fourth-order valence-electron chi connectivity index (χ4n) is 1.80. The molecule has 2 heterocycles. The van der Waals surface area contributed by atoms with Gasteiger partial charge in [0.25, 0.3) is 5.56 Å². The van der Waals surface area contributed by atoms with Crippen LogP contribution in [0.1, 0.15) is 20.8 Å². The van der Waals surface area contributed by atoms with Gasteiger partial charge in [-0.05, 0) is 20.8 Å². The maximum absolute atomic E-state index is 12.0. The third-order valence-corrected chi connectivity index (χ3v) is 3.67. The van der Waals surface area contributed by atoms with Gasteiger partial charge in [-0.2, -0.15) is 4.98 Å². The van der Waals surface area contributed by atoms with Crippen molar-refractivity contribution in [1.29, 1.82) is 0 Å².